The van der Waals surface area contributed by atoms with Gasteiger partial charge >= 0.3 is 11.9 Å². The molecule has 7 aromatic rings. The summed E-state index contributed by atoms with van der Waals surface area (Å²) in [5.74, 6) is 0.864. The number of ether oxygens (including phenoxy) is 7. The minimum atomic E-state index is -3.84. The second kappa shape index (κ2) is 38.2. The van der Waals surface area contributed by atoms with Crippen LogP contribution in [-0.2, 0) is 82.6 Å². The van der Waals surface area contributed by atoms with Gasteiger partial charge in [0.1, 0.15) is 41.8 Å². The standard InChI is InChI=1S/C24H33NO6S.C20H25NO6S.C18H23NO4S.C9H11ClO3S/c1-18-14-21(29-6)15-19(2)23(18)32(27,28)25(16-20-10-8-7-9-11-20)12-13-30-17-22(26)31-24(3,4)5;1-15-11-18(26-3)12-16(2)20(15)28(24,25)21(9-10-27-14-19(22)23)13-17-7-5-4-6-8-17;1-14-11-17(23-3)12-15(2)18(14)24(21,22)19(9-10-20)13-16-7-5-4-6-8-16;1-6-4-8(13-3)5-7(2)9(6)14(10,11)12/h7-11,14-15H,12-13,16-17H2,1-6H3;4-8,11-12H,9-10,13-14H2,1-3H3,(H,22,23);4-8,11-12,20H,9-10,13H2,1-3H3;4-5H,1-3H3. The van der Waals surface area contributed by atoms with Gasteiger partial charge < -0.3 is 43.4 Å². The van der Waals surface area contributed by atoms with Crippen LogP contribution in [0.4, 0.5) is 0 Å². The van der Waals surface area contributed by atoms with Crippen LogP contribution in [0.1, 0.15) is 82.0 Å². The fraction of sp³-hybridized carbons (Fsp3) is 0.380. The van der Waals surface area contributed by atoms with Gasteiger partial charge in [0.15, 0.2) is 0 Å². The van der Waals surface area contributed by atoms with Crippen LogP contribution in [0.15, 0.2) is 159 Å². The fourth-order valence-electron chi connectivity index (χ4n) is 10.5. The van der Waals surface area contributed by atoms with E-state index in [9.17, 15) is 48.4 Å². The van der Waals surface area contributed by atoms with Crippen molar-refractivity contribution < 1.29 is 86.6 Å². The van der Waals surface area contributed by atoms with Crippen LogP contribution < -0.4 is 18.9 Å². The van der Waals surface area contributed by atoms with Gasteiger partial charge in [-0.2, -0.15) is 12.9 Å². The summed E-state index contributed by atoms with van der Waals surface area (Å²) in [4.78, 5) is 23.4. The molecule has 27 heteroatoms. The van der Waals surface area contributed by atoms with Crippen LogP contribution in [-0.4, -0.2) is 155 Å². The first kappa shape index (κ1) is 83.0. The Morgan fingerprint density at radius 3 is 0.908 bits per heavy atom. The molecule has 0 aliphatic carbocycles. The summed E-state index contributed by atoms with van der Waals surface area (Å²) in [5, 5.41) is 18.0. The number of rotatable bonds is 29. The molecule has 7 aromatic carbocycles. The largest absolute Gasteiger partial charge is 0.497 e. The summed E-state index contributed by atoms with van der Waals surface area (Å²) in [6, 6.07) is 41.4. The molecule has 0 saturated carbocycles. The second-order valence-electron chi connectivity index (χ2n) is 23.6. The van der Waals surface area contributed by atoms with Crippen LogP contribution >= 0.6 is 10.7 Å². The molecule has 0 unspecified atom stereocenters. The van der Waals surface area contributed by atoms with Crippen molar-refractivity contribution in [2.75, 3.05) is 81.1 Å². The molecule has 2 N–H and O–H groups in total. The molecule has 0 amide bonds. The Balaban J connectivity index is 0.000000287. The third-order valence-corrected chi connectivity index (χ3v) is 22.6. The molecule has 22 nitrogen and oxygen atoms in total. The molecular formula is C71H92ClN3O19S4. The highest BCUT2D eigenvalue weighted by Crippen LogP contribution is 2.33. The van der Waals surface area contributed by atoms with Gasteiger partial charge in [-0.1, -0.05) is 91.0 Å². The summed E-state index contributed by atoms with van der Waals surface area (Å²) >= 11 is 0. The summed E-state index contributed by atoms with van der Waals surface area (Å²) in [6.07, 6.45) is 0. The van der Waals surface area contributed by atoms with Crippen molar-refractivity contribution in [2.45, 2.75) is 121 Å². The van der Waals surface area contributed by atoms with E-state index in [0.29, 0.717) is 67.5 Å². The summed E-state index contributed by atoms with van der Waals surface area (Å²) in [5.41, 5.74) is 6.77. The molecule has 0 heterocycles. The first-order valence-electron chi connectivity index (χ1n) is 30.8. The van der Waals surface area contributed by atoms with Crippen molar-refractivity contribution in [1.82, 2.24) is 12.9 Å². The van der Waals surface area contributed by atoms with Crippen molar-refractivity contribution in [3.05, 3.63) is 201 Å². The Hall–Kier alpha value is -7.47. The van der Waals surface area contributed by atoms with Crippen molar-refractivity contribution in [2.24, 2.45) is 0 Å². The SMILES string of the molecule is COc1cc(C)c(S(=O)(=O)Cl)c(C)c1.COc1cc(C)c(S(=O)(=O)N(CCO)Cc2ccccc2)c(C)c1.COc1cc(C)c(S(=O)(=O)N(CCOCC(=O)O)Cc2ccccc2)c(C)c1.COc1cc(C)c(S(=O)(=O)N(CCOCC(=O)OC(C)(C)C)Cc2ccccc2)c(C)c1. The van der Waals surface area contributed by atoms with Gasteiger partial charge in [0.2, 0.25) is 30.1 Å². The Morgan fingerprint density at radius 2 is 0.673 bits per heavy atom. The van der Waals surface area contributed by atoms with Crippen molar-refractivity contribution in [3.8, 4) is 23.0 Å². The molecule has 0 radical (unpaired) electrons. The second-order valence-corrected chi connectivity index (χ2v) is 31.7. The maximum Gasteiger partial charge on any atom is 0.332 e. The Morgan fingerprint density at radius 1 is 0.418 bits per heavy atom. The highest BCUT2D eigenvalue weighted by Gasteiger charge is 2.32. The number of carboxylic acids is 1. The lowest BCUT2D eigenvalue weighted by Gasteiger charge is -2.25. The van der Waals surface area contributed by atoms with Gasteiger partial charge in [0, 0.05) is 50.0 Å². The van der Waals surface area contributed by atoms with Crippen molar-refractivity contribution in [1.29, 1.82) is 0 Å². The van der Waals surface area contributed by atoms with E-state index in [4.69, 9.17) is 48.9 Å². The van der Waals surface area contributed by atoms with Gasteiger partial charge in [0.05, 0.1) is 67.8 Å². The van der Waals surface area contributed by atoms with E-state index in [0.717, 1.165) is 16.7 Å². The van der Waals surface area contributed by atoms with Crippen LogP contribution in [0.5, 0.6) is 23.0 Å². The van der Waals surface area contributed by atoms with E-state index in [1.807, 2.05) is 91.0 Å². The van der Waals surface area contributed by atoms with E-state index in [-0.39, 0.29) is 85.3 Å². The van der Waals surface area contributed by atoms with E-state index in [1.165, 1.54) is 27.1 Å². The van der Waals surface area contributed by atoms with Gasteiger partial charge in [-0.3, -0.25) is 0 Å². The number of carbonyl (C=O) groups excluding carboxylic acids is 1. The average Bonchev–Trinajstić information content (AvgIpc) is 0.797. The van der Waals surface area contributed by atoms with E-state index >= 15 is 0 Å². The van der Waals surface area contributed by atoms with Gasteiger partial charge in [-0.05, 0) is 186 Å². The zero-order valence-electron chi connectivity index (χ0n) is 58.2. The molecule has 7 rings (SSSR count). The minimum absolute atomic E-state index is 0.0212. The number of aryl methyl sites for hydroxylation is 8. The molecule has 0 spiro atoms. The van der Waals surface area contributed by atoms with E-state index in [2.05, 4.69) is 0 Å². The first-order valence-corrected chi connectivity index (χ1v) is 37.5. The molecule has 0 aliphatic rings. The maximum atomic E-state index is 13.6. The zero-order chi connectivity index (χ0) is 73.3. The predicted molar refractivity (Wildman–Crippen MR) is 377 cm³/mol. The Labute approximate surface area is 583 Å². The molecule has 536 valence electrons. The number of halogens is 1. The van der Waals surface area contributed by atoms with Gasteiger partial charge in [0.25, 0.3) is 9.05 Å². The number of aliphatic carboxylic acids is 1. The smallest absolute Gasteiger partial charge is 0.332 e. The number of esters is 1. The number of nitrogens with zero attached hydrogens (tertiary/aromatic N) is 3. The molecule has 0 aromatic heterocycles. The highest BCUT2D eigenvalue weighted by atomic mass is 35.7. The van der Waals surface area contributed by atoms with Gasteiger partial charge in [-0.15, -0.1) is 0 Å². The topological polar surface area (TPSA) is 285 Å². The number of aliphatic hydroxyl groups excluding tert-OH is 1. The number of sulfonamides is 3. The molecule has 0 bridgehead atoms. The zero-order valence-corrected chi connectivity index (χ0v) is 62.3. The maximum absolute atomic E-state index is 13.6. The number of carbonyl (C=O) groups is 2. The molecule has 0 atom stereocenters. The number of methoxy groups -OCH3 is 4. The number of hydrogen-bond acceptors (Lipinski definition) is 18. The van der Waals surface area contributed by atoms with Crippen LogP contribution in [0.3, 0.4) is 0 Å². The van der Waals surface area contributed by atoms with Crippen LogP contribution in [0, 0.1) is 55.4 Å². The molecule has 98 heavy (non-hydrogen) atoms. The number of hydrogen-bond donors (Lipinski definition) is 2. The molecule has 0 saturated heterocycles. The van der Waals surface area contributed by atoms with Gasteiger partial charge in [-0.25, -0.2) is 43.3 Å². The van der Waals surface area contributed by atoms with Crippen molar-refractivity contribution >= 4 is 61.7 Å². The predicted octanol–water partition coefficient (Wildman–Crippen LogP) is 11.2. The highest BCUT2D eigenvalue weighted by molar-refractivity contribution is 8.13. The van der Waals surface area contributed by atoms with E-state index < -0.39 is 63.3 Å². The van der Waals surface area contributed by atoms with Crippen LogP contribution in [0.25, 0.3) is 0 Å². The third kappa shape index (κ3) is 25.1. The monoisotopic (exact) mass is 1450 g/mol. The van der Waals surface area contributed by atoms with Crippen molar-refractivity contribution in [3.63, 3.8) is 0 Å². The third-order valence-electron chi connectivity index (χ3n) is 14.5. The summed E-state index contributed by atoms with van der Waals surface area (Å²) in [6.45, 7) is 19.0. The molecule has 0 aliphatic heterocycles. The number of carboxylic acid groups (broad SMARTS) is 1. The normalized spacial score (nSPS) is 11.8. The van der Waals surface area contributed by atoms with Crippen LogP contribution in [0.2, 0.25) is 0 Å². The Kier molecular flexibility index (Phi) is 32.3. The summed E-state index contributed by atoms with van der Waals surface area (Å²) in [7, 11) is -3.61. The fourth-order valence-corrected chi connectivity index (χ4v) is 17.5. The van der Waals surface area contributed by atoms with E-state index in [1.54, 1.807) is 139 Å². The quantitative estimate of drug-likeness (QED) is 0.0250. The average molecular weight is 1460 g/mol. The Bertz CT molecular complexity index is 4140. The summed E-state index contributed by atoms with van der Waals surface area (Å²) < 4.78 is 143. The minimum Gasteiger partial charge on any atom is -0.497 e. The first-order chi connectivity index (χ1) is 45.9. The number of aliphatic hydroxyl groups is 1. The molecule has 0 fully saturated rings. The number of benzene rings is 7. The lowest BCUT2D eigenvalue weighted by Crippen LogP contribution is -2.35. The molecular weight excluding hydrogens is 1360 g/mol. The lowest BCUT2D eigenvalue weighted by molar-refractivity contribution is -0.160. The lowest BCUT2D eigenvalue weighted by atomic mass is 10.1.